The van der Waals surface area contributed by atoms with Crippen LogP contribution in [-0.4, -0.2) is 24.2 Å². The van der Waals surface area contributed by atoms with Crippen LogP contribution in [0.4, 0.5) is 5.69 Å². The Kier molecular flexibility index (Phi) is 2.51. The van der Waals surface area contributed by atoms with Crippen molar-refractivity contribution in [3.8, 4) is 0 Å². The molecule has 0 unspecified atom stereocenters. The average Bonchev–Trinajstić information content (AvgIpc) is 1.99. The van der Waals surface area contributed by atoms with Crippen LogP contribution in [0.1, 0.15) is 5.69 Å². The summed E-state index contributed by atoms with van der Waals surface area (Å²) in [4.78, 5) is 4.30. The average molecular weight is 243 g/mol. The summed E-state index contributed by atoms with van der Waals surface area (Å²) in [5, 5.41) is 3.37. The SMILES string of the molecule is Cc1nc(Br)ccc1NC1COC1. The second kappa shape index (κ2) is 3.64. The Labute approximate surface area is 85.6 Å². The minimum absolute atomic E-state index is 0.460. The monoisotopic (exact) mass is 242 g/mol. The normalized spacial score (nSPS) is 16.8. The molecule has 1 fully saturated rings. The zero-order valence-corrected chi connectivity index (χ0v) is 8.97. The highest BCUT2D eigenvalue weighted by Crippen LogP contribution is 2.18. The van der Waals surface area contributed by atoms with E-state index >= 15 is 0 Å². The number of nitrogens with zero attached hydrogens (tertiary/aromatic N) is 1. The highest BCUT2D eigenvalue weighted by atomic mass is 79.9. The van der Waals surface area contributed by atoms with Gasteiger partial charge < -0.3 is 10.1 Å². The van der Waals surface area contributed by atoms with Gasteiger partial charge in [-0.3, -0.25) is 0 Å². The molecule has 70 valence electrons. The lowest BCUT2D eigenvalue weighted by Gasteiger charge is -2.28. The zero-order chi connectivity index (χ0) is 9.26. The van der Waals surface area contributed by atoms with E-state index in [4.69, 9.17) is 4.74 Å². The van der Waals surface area contributed by atoms with Crippen LogP contribution in [0.15, 0.2) is 16.7 Å². The number of aryl methyl sites for hydroxylation is 1. The fraction of sp³-hybridized carbons (Fsp3) is 0.444. The molecule has 0 aliphatic carbocycles. The van der Waals surface area contributed by atoms with Crippen LogP contribution in [0.25, 0.3) is 0 Å². The first-order valence-corrected chi connectivity index (χ1v) is 5.02. The van der Waals surface area contributed by atoms with Crippen molar-refractivity contribution in [2.45, 2.75) is 13.0 Å². The summed E-state index contributed by atoms with van der Waals surface area (Å²) >= 11 is 3.33. The maximum atomic E-state index is 5.08. The van der Waals surface area contributed by atoms with Gasteiger partial charge in [0.2, 0.25) is 0 Å². The molecule has 0 aromatic carbocycles. The van der Waals surface area contributed by atoms with Gasteiger partial charge in [-0.15, -0.1) is 0 Å². The molecule has 0 saturated carbocycles. The Balaban J connectivity index is 2.10. The molecule has 0 amide bonds. The predicted octanol–water partition coefficient (Wildman–Crippen LogP) is 1.96. The molecule has 0 spiro atoms. The molecular formula is C9H11BrN2O. The number of halogens is 1. The van der Waals surface area contributed by atoms with E-state index in [0.29, 0.717) is 6.04 Å². The first-order chi connectivity index (χ1) is 6.25. The maximum absolute atomic E-state index is 5.08. The number of anilines is 1. The third-order valence-electron chi connectivity index (χ3n) is 2.05. The van der Waals surface area contributed by atoms with Crippen molar-refractivity contribution in [3.63, 3.8) is 0 Å². The number of hydrogen-bond donors (Lipinski definition) is 1. The van der Waals surface area contributed by atoms with Crippen molar-refractivity contribution >= 4 is 21.6 Å². The highest BCUT2D eigenvalue weighted by Gasteiger charge is 2.18. The van der Waals surface area contributed by atoms with Crippen LogP contribution >= 0.6 is 15.9 Å². The van der Waals surface area contributed by atoms with Gasteiger partial charge in [-0.1, -0.05) is 0 Å². The fourth-order valence-electron chi connectivity index (χ4n) is 1.22. The molecule has 0 radical (unpaired) electrons. The topological polar surface area (TPSA) is 34.2 Å². The molecule has 2 heterocycles. The van der Waals surface area contributed by atoms with Gasteiger partial charge in [0.15, 0.2) is 0 Å². The van der Waals surface area contributed by atoms with Crippen LogP contribution in [0.2, 0.25) is 0 Å². The van der Waals surface area contributed by atoms with Gasteiger partial charge in [0, 0.05) is 0 Å². The number of aromatic nitrogens is 1. The standard InChI is InChI=1S/C9H11BrN2O/c1-6-8(2-3-9(10)11-6)12-7-4-13-5-7/h2-3,7,12H,4-5H2,1H3. The van der Waals surface area contributed by atoms with Gasteiger partial charge in [-0.25, -0.2) is 4.98 Å². The Morgan fingerprint density at radius 1 is 1.54 bits per heavy atom. The van der Waals surface area contributed by atoms with Gasteiger partial charge in [-0.2, -0.15) is 0 Å². The molecule has 1 N–H and O–H groups in total. The van der Waals surface area contributed by atoms with Gasteiger partial charge in [0.05, 0.1) is 30.6 Å². The molecule has 3 nitrogen and oxygen atoms in total. The molecule has 2 rings (SSSR count). The van der Waals surface area contributed by atoms with E-state index in [1.165, 1.54) is 0 Å². The minimum Gasteiger partial charge on any atom is -0.377 e. The minimum atomic E-state index is 0.460. The highest BCUT2D eigenvalue weighted by molar-refractivity contribution is 9.10. The fourth-order valence-corrected chi connectivity index (χ4v) is 1.62. The van der Waals surface area contributed by atoms with E-state index in [1.54, 1.807) is 0 Å². The third-order valence-corrected chi connectivity index (χ3v) is 2.49. The number of hydrogen-bond acceptors (Lipinski definition) is 3. The van der Waals surface area contributed by atoms with Crippen LogP contribution in [-0.2, 0) is 4.74 Å². The molecule has 0 bridgehead atoms. The van der Waals surface area contributed by atoms with E-state index in [1.807, 2.05) is 19.1 Å². The van der Waals surface area contributed by atoms with Crippen LogP contribution in [0, 0.1) is 6.92 Å². The molecule has 1 aliphatic rings. The van der Waals surface area contributed by atoms with E-state index in [-0.39, 0.29) is 0 Å². The Bertz CT molecular complexity index is 312. The predicted molar refractivity (Wildman–Crippen MR) is 54.9 cm³/mol. The van der Waals surface area contributed by atoms with E-state index in [0.717, 1.165) is 29.2 Å². The van der Waals surface area contributed by atoms with Crippen LogP contribution < -0.4 is 5.32 Å². The smallest absolute Gasteiger partial charge is 0.106 e. The number of rotatable bonds is 2. The lowest BCUT2D eigenvalue weighted by molar-refractivity contribution is 0.0211. The maximum Gasteiger partial charge on any atom is 0.106 e. The quantitative estimate of drug-likeness (QED) is 0.806. The summed E-state index contributed by atoms with van der Waals surface area (Å²) < 4.78 is 5.95. The Morgan fingerprint density at radius 3 is 2.85 bits per heavy atom. The van der Waals surface area contributed by atoms with Gasteiger partial charge >= 0.3 is 0 Å². The molecule has 4 heteroatoms. The van der Waals surface area contributed by atoms with Crippen molar-refractivity contribution in [1.82, 2.24) is 4.98 Å². The summed E-state index contributed by atoms with van der Waals surface area (Å²) in [5.74, 6) is 0. The lowest BCUT2D eigenvalue weighted by Crippen LogP contribution is -2.40. The molecule has 1 aromatic heterocycles. The lowest BCUT2D eigenvalue weighted by atomic mass is 10.2. The Hall–Kier alpha value is -0.610. The summed E-state index contributed by atoms with van der Waals surface area (Å²) in [5.41, 5.74) is 2.11. The first-order valence-electron chi connectivity index (χ1n) is 4.23. The van der Waals surface area contributed by atoms with Crippen LogP contribution in [0.3, 0.4) is 0 Å². The summed E-state index contributed by atoms with van der Waals surface area (Å²) in [6.45, 7) is 3.59. The number of ether oxygens (including phenoxy) is 1. The molecule has 13 heavy (non-hydrogen) atoms. The third kappa shape index (κ3) is 2.00. The second-order valence-corrected chi connectivity index (χ2v) is 3.96. The Morgan fingerprint density at radius 2 is 2.31 bits per heavy atom. The number of nitrogens with one attached hydrogen (secondary N) is 1. The largest absolute Gasteiger partial charge is 0.377 e. The first kappa shape index (κ1) is 8.97. The van der Waals surface area contributed by atoms with Crippen molar-refractivity contribution in [2.75, 3.05) is 18.5 Å². The summed E-state index contributed by atoms with van der Waals surface area (Å²) in [6.07, 6.45) is 0. The van der Waals surface area contributed by atoms with Gasteiger partial charge in [-0.05, 0) is 35.0 Å². The molecule has 0 atom stereocenters. The van der Waals surface area contributed by atoms with E-state index in [2.05, 4.69) is 26.2 Å². The molecule has 1 aliphatic heterocycles. The van der Waals surface area contributed by atoms with Crippen LogP contribution in [0.5, 0.6) is 0 Å². The summed E-state index contributed by atoms with van der Waals surface area (Å²) in [7, 11) is 0. The molecular weight excluding hydrogens is 232 g/mol. The van der Waals surface area contributed by atoms with Crippen molar-refractivity contribution in [3.05, 3.63) is 22.4 Å². The van der Waals surface area contributed by atoms with Gasteiger partial charge in [0.1, 0.15) is 4.60 Å². The van der Waals surface area contributed by atoms with Crippen molar-refractivity contribution in [1.29, 1.82) is 0 Å². The molecule has 1 aromatic rings. The van der Waals surface area contributed by atoms with Crippen molar-refractivity contribution < 1.29 is 4.74 Å². The van der Waals surface area contributed by atoms with E-state index in [9.17, 15) is 0 Å². The second-order valence-electron chi connectivity index (χ2n) is 3.15. The van der Waals surface area contributed by atoms with E-state index < -0.39 is 0 Å². The molecule has 1 saturated heterocycles. The zero-order valence-electron chi connectivity index (χ0n) is 7.38. The number of pyridine rings is 1. The van der Waals surface area contributed by atoms with Crippen molar-refractivity contribution in [2.24, 2.45) is 0 Å². The summed E-state index contributed by atoms with van der Waals surface area (Å²) in [6, 6.07) is 4.43. The van der Waals surface area contributed by atoms with Gasteiger partial charge in [0.25, 0.3) is 0 Å².